The first-order chi connectivity index (χ1) is 9.06. The van der Waals surface area contributed by atoms with Gasteiger partial charge < -0.3 is 15.4 Å². The quantitative estimate of drug-likeness (QED) is 0.749. The summed E-state index contributed by atoms with van der Waals surface area (Å²) in [5.74, 6) is -0.368. The molecule has 0 aromatic heterocycles. The van der Waals surface area contributed by atoms with Crippen molar-refractivity contribution < 1.29 is 14.3 Å². The van der Waals surface area contributed by atoms with Crippen molar-refractivity contribution in [2.45, 2.75) is 19.9 Å². The Morgan fingerprint density at radius 2 is 2.05 bits per heavy atom. The third kappa shape index (κ3) is 1.87. The van der Waals surface area contributed by atoms with Gasteiger partial charge in [0.05, 0.1) is 17.3 Å². The largest absolute Gasteiger partial charge is 0.456 e. The number of amides is 2. The third-order valence-corrected chi connectivity index (χ3v) is 3.46. The SMILES string of the molecule is Cc1ccc(C2NC(=O)NC3=C2C(=O)OC3)c(C)c1. The average molecular weight is 258 g/mol. The van der Waals surface area contributed by atoms with Crippen LogP contribution in [-0.4, -0.2) is 18.6 Å². The zero-order valence-corrected chi connectivity index (χ0v) is 10.7. The predicted molar refractivity (Wildman–Crippen MR) is 68.3 cm³/mol. The van der Waals surface area contributed by atoms with Crippen LogP contribution in [0.1, 0.15) is 22.7 Å². The Balaban J connectivity index is 2.10. The van der Waals surface area contributed by atoms with Crippen molar-refractivity contribution in [3.63, 3.8) is 0 Å². The van der Waals surface area contributed by atoms with Crippen LogP contribution in [0.4, 0.5) is 4.79 Å². The molecule has 0 spiro atoms. The molecule has 0 aliphatic carbocycles. The summed E-state index contributed by atoms with van der Waals surface area (Å²) in [5.41, 5.74) is 4.18. The fourth-order valence-electron chi connectivity index (χ4n) is 2.57. The number of urea groups is 1. The van der Waals surface area contributed by atoms with E-state index in [-0.39, 0.29) is 18.6 Å². The Kier molecular flexibility index (Phi) is 2.55. The number of hydrogen-bond donors (Lipinski definition) is 2. The Bertz CT molecular complexity index is 619. The lowest BCUT2D eigenvalue weighted by molar-refractivity contribution is -0.136. The minimum absolute atomic E-state index is 0.142. The maximum atomic E-state index is 11.8. The van der Waals surface area contributed by atoms with Gasteiger partial charge in [-0.2, -0.15) is 0 Å². The summed E-state index contributed by atoms with van der Waals surface area (Å²) in [6.45, 7) is 4.12. The van der Waals surface area contributed by atoms with Crippen LogP contribution in [0.5, 0.6) is 0 Å². The number of rotatable bonds is 1. The molecule has 19 heavy (non-hydrogen) atoms. The van der Waals surface area contributed by atoms with Crippen LogP contribution in [0.2, 0.25) is 0 Å². The Labute approximate surface area is 110 Å². The Hall–Kier alpha value is -2.30. The Morgan fingerprint density at radius 3 is 2.79 bits per heavy atom. The summed E-state index contributed by atoms with van der Waals surface area (Å²) >= 11 is 0. The molecular weight excluding hydrogens is 244 g/mol. The van der Waals surface area contributed by atoms with Gasteiger partial charge in [-0.05, 0) is 25.0 Å². The van der Waals surface area contributed by atoms with Gasteiger partial charge in [-0.15, -0.1) is 0 Å². The zero-order valence-electron chi connectivity index (χ0n) is 10.7. The van der Waals surface area contributed by atoms with Crippen LogP contribution in [0.25, 0.3) is 0 Å². The molecule has 1 aromatic rings. The first kappa shape index (κ1) is 11.8. The van der Waals surface area contributed by atoms with Crippen molar-refractivity contribution in [1.29, 1.82) is 0 Å². The first-order valence-electron chi connectivity index (χ1n) is 6.11. The molecule has 3 rings (SSSR count). The van der Waals surface area contributed by atoms with Gasteiger partial charge in [0, 0.05) is 0 Å². The van der Waals surface area contributed by atoms with E-state index in [2.05, 4.69) is 10.6 Å². The van der Waals surface area contributed by atoms with Crippen LogP contribution in [-0.2, 0) is 9.53 Å². The number of nitrogens with one attached hydrogen (secondary N) is 2. The van der Waals surface area contributed by atoms with Crippen LogP contribution in [0, 0.1) is 13.8 Å². The molecule has 1 unspecified atom stereocenters. The van der Waals surface area contributed by atoms with Crippen LogP contribution in [0.3, 0.4) is 0 Å². The maximum Gasteiger partial charge on any atom is 0.338 e. The van der Waals surface area contributed by atoms with Crippen molar-refractivity contribution in [1.82, 2.24) is 10.6 Å². The van der Waals surface area contributed by atoms with E-state index >= 15 is 0 Å². The molecular formula is C14H14N2O3. The van der Waals surface area contributed by atoms with Gasteiger partial charge in [0.1, 0.15) is 6.61 Å². The van der Waals surface area contributed by atoms with Gasteiger partial charge in [0.15, 0.2) is 0 Å². The number of ether oxygens (including phenoxy) is 1. The van der Waals surface area contributed by atoms with Gasteiger partial charge in [-0.25, -0.2) is 9.59 Å². The standard InChI is InChI=1S/C14H14N2O3/c1-7-3-4-9(8(2)5-7)12-11-10(6-19-13(11)17)15-14(18)16-12/h3-5,12H,6H2,1-2H3,(H2,15,16,18). The topological polar surface area (TPSA) is 67.4 Å². The molecule has 5 heteroatoms. The molecule has 0 saturated heterocycles. The highest BCUT2D eigenvalue weighted by Crippen LogP contribution is 2.32. The smallest absolute Gasteiger partial charge is 0.338 e. The zero-order chi connectivity index (χ0) is 13.6. The van der Waals surface area contributed by atoms with Crippen LogP contribution in [0.15, 0.2) is 29.5 Å². The predicted octanol–water partition coefficient (Wildman–Crippen LogP) is 1.47. The van der Waals surface area contributed by atoms with Gasteiger partial charge in [0.2, 0.25) is 0 Å². The lowest BCUT2D eigenvalue weighted by atomic mass is 9.92. The van der Waals surface area contributed by atoms with E-state index in [1.807, 2.05) is 32.0 Å². The summed E-state index contributed by atoms with van der Waals surface area (Å²) in [6.07, 6.45) is 0. The molecule has 0 radical (unpaired) electrons. The summed E-state index contributed by atoms with van der Waals surface area (Å²) in [7, 11) is 0. The summed E-state index contributed by atoms with van der Waals surface area (Å²) in [5, 5.41) is 5.41. The molecule has 2 aliphatic heterocycles. The van der Waals surface area contributed by atoms with Crippen molar-refractivity contribution in [2.75, 3.05) is 6.61 Å². The van der Waals surface area contributed by atoms with Crippen molar-refractivity contribution in [2.24, 2.45) is 0 Å². The molecule has 1 atom stereocenters. The molecule has 2 amide bonds. The maximum absolute atomic E-state index is 11.8. The number of benzene rings is 1. The van der Waals surface area contributed by atoms with Crippen LogP contribution < -0.4 is 10.6 Å². The highest BCUT2D eigenvalue weighted by Gasteiger charge is 2.38. The normalized spacial score (nSPS) is 21.7. The van der Waals surface area contributed by atoms with E-state index in [1.165, 1.54) is 0 Å². The molecule has 2 N–H and O–H groups in total. The van der Waals surface area contributed by atoms with Gasteiger partial charge in [-0.1, -0.05) is 23.8 Å². The summed E-state index contributed by atoms with van der Waals surface area (Å²) in [4.78, 5) is 23.5. The molecule has 98 valence electrons. The van der Waals surface area contributed by atoms with Gasteiger partial charge in [0.25, 0.3) is 0 Å². The lowest BCUT2D eigenvalue weighted by Gasteiger charge is -2.26. The molecule has 1 aromatic carbocycles. The molecule has 0 bridgehead atoms. The van der Waals surface area contributed by atoms with Gasteiger partial charge >= 0.3 is 12.0 Å². The van der Waals surface area contributed by atoms with Crippen molar-refractivity contribution >= 4 is 12.0 Å². The number of carbonyl (C=O) groups excluding carboxylic acids is 2. The second kappa shape index (κ2) is 4.12. The number of carbonyl (C=O) groups is 2. The van der Waals surface area contributed by atoms with E-state index in [4.69, 9.17) is 4.74 Å². The number of esters is 1. The molecule has 2 aliphatic rings. The number of hydrogen-bond acceptors (Lipinski definition) is 3. The second-order valence-electron chi connectivity index (χ2n) is 4.86. The Morgan fingerprint density at radius 1 is 1.26 bits per heavy atom. The number of aryl methyl sites for hydroxylation is 2. The fraction of sp³-hybridized carbons (Fsp3) is 0.286. The molecule has 5 nitrogen and oxygen atoms in total. The molecule has 0 saturated carbocycles. The average Bonchev–Trinajstić information content (AvgIpc) is 2.70. The minimum atomic E-state index is -0.431. The lowest BCUT2D eigenvalue weighted by Crippen LogP contribution is -2.44. The highest BCUT2D eigenvalue weighted by atomic mass is 16.5. The van der Waals surface area contributed by atoms with Gasteiger partial charge in [-0.3, -0.25) is 0 Å². The summed E-state index contributed by atoms with van der Waals surface area (Å²) < 4.78 is 5.00. The first-order valence-corrected chi connectivity index (χ1v) is 6.11. The molecule has 2 heterocycles. The summed E-state index contributed by atoms with van der Waals surface area (Å²) in [6, 6.07) is 5.21. The van der Waals surface area contributed by atoms with Crippen molar-refractivity contribution in [3.8, 4) is 0 Å². The second-order valence-corrected chi connectivity index (χ2v) is 4.86. The minimum Gasteiger partial charge on any atom is -0.456 e. The van der Waals surface area contributed by atoms with E-state index in [0.29, 0.717) is 11.3 Å². The highest BCUT2D eigenvalue weighted by molar-refractivity contribution is 5.97. The molecule has 0 fully saturated rings. The number of cyclic esters (lactones) is 1. The monoisotopic (exact) mass is 258 g/mol. The van der Waals surface area contributed by atoms with E-state index in [0.717, 1.165) is 16.7 Å². The third-order valence-electron chi connectivity index (χ3n) is 3.46. The van der Waals surface area contributed by atoms with E-state index in [1.54, 1.807) is 0 Å². The fourth-order valence-corrected chi connectivity index (χ4v) is 2.57. The van der Waals surface area contributed by atoms with E-state index in [9.17, 15) is 9.59 Å². The van der Waals surface area contributed by atoms with E-state index < -0.39 is 6.04 Å². The van der Waals surface area contributed by atoms with Crippen LogP contribution >= 0.6 is 0 Å². The van der Waals surface area contributed by atoms with Crippen molar-refractivity contribution in [3.05, 3.63) is 46.2 Å².